The fourth-order valence-electron chi connectivity index (χ4n) is 5.08. The van der Waals surface area contributed by atoms with Gasteiger partial charge in [0.05, 0.1) is 30.0 Å². The van der Waals surface area contributed by atoms with E-state index in [2.05, 4.69) is 45.9 Å². The van der Waals surface area contributed by atoms with Crippen molar-refractivity contribution in [3.63, 3.8) is 0 Å². The van der Waals surface area contributed by atoms with Gasteiger partial charge in [0.15, 0.2) is 5.82 Å². The Hall–Kier alpha value is -4.66. The lowest BCUT2D eigenvalue weighted by Crippen LogP contribution is -2.43. The van der Waals surface area contributed by atoms with Crippen molar-refractivity contribution in [3.8, 4) is 5.75 Å². The van der Waals surface area contributed by atoms with E-state index >= 15 is 0 Å². The minimum Gasteiger partial charge on any atom is -0.490 e. The molecule has 2 N–H and O–H groups in total. The summed E-state index contributed by atoms with van der Waals surface area (Å²) in [5, 5.41) is 23.3. The molecule has 6 rings (SSSR count). The van der Waals surface area contributed by atoms with Crippen LogP contribution in [0.15, 0.2) is 48.7 Å². The average molecular weight is 622 g/mol. The zero-order valence-electron chi connectivity index (χ0n) is 23.7. The molecule has 44 heavy (non-hydrogen) atoms. The third-order valence-corrected chi connectivity index (χ3v) is 8.25. The van der Waals surface area contributed by atoms with Crippen molar-refractivity contribution in [2.24, 2.45) is 0 Å². The van der Waals surface area contributed by atoms with E-state index in [0.29, 0.717) is 41.2 Å². The van der Waals surface area contributed by atoms with Crippen molar-refractivity contribution in [2.75, 3.05) is 23.3 Å². The van der Waals surface area contributed by atoms with Crippen molar-refractivity contribution >= 4 is 34.1 Å². The minimum atomic E-state index is -2.67. The monoisotopic (exact) mass is 621 g/mol. The van der Waals surface area contributed by atoms with Crippen LogP contribution in [0.25, 0.3) is 0 Å². The molecule has 4 aromatic heterocycles. The standard InChI is InChI=1S/C29H29F2N9O3S/c1-17-10-21(43-22-13-29(30,31)14-22)11-20(34-17)12-25(41)35-24-6-5-23(36-37-24)18-7-9-40(16-18)28-39-38-27(44-28)26(42)33-15-19-4-2-3-8-32-19/h2-6,8,10-11,18,22H,7,9,12-16H2,1H3,(H,33,42)(H,35,37,41). The second-order valence-electron chi connectivity index (χ2n) is 10.8. The first kappa shape index (κ1) is 29.4. The van der Waals surface area contributed by atoms with E-state index in [0.717, 1.165) is 24.4 Å². The Kier molecular flexibility index (Phi) is 8.37. The molecule has 5 heterocycles. The van der Waals surface area contributed by atoms with Gasteiger partial charge in [-0.25, -0.2) is 8.78 Å². The molecule has 1 aliphatic heterocycles. The molecule has 1 saturated heterocycles. The zero-order chi connectivity index (χ0) is 30.7. The second kappa shape index (κ2) is 12.5. The van der Waals surface area contributed by atoms with E-state index in [9.17, 15) is 18.4 Å². The Morgan fingerprint density at radius 2 is 1.95 bits per heavy atom. The second-order valence-corrected chi connectivity index (χ2v) is 11.8. The molecule has 4 aromatic rings. The summed E-state index contributed by atoms with van der Waals surface area (Å²) < 4.78 is 31.9. The van der Waals surface area contributed by atoms with Crippen LogP contribution in [0.3, 0.4) is 0 Å². The number of aryl methyl sites for hydroxylation is 1. The van der Waals surface area contributed by atoms with E-state index in [4.69, 9.17) is 4.74 Å². The highest BCUT2D eigenvalue weighted by atomic mass is 32.1. The van der Waals surface area contributed by atoms with Gasteiger partial charge in [0, 0.05) is 55.9 Å². The quantitative estimate of drug-likeness (QED) is 0.269. The fourth-order valence-corrected chi connectivity index (χ4v) is 5.88. The summed E-state index contributed by atoms with van der Waals surface area (Å²) in [6.45, 7) is 3.43. The smallest absolute Gasteiger partial charge is 0.282 e. The molecule has 228 valence electrons. The maximum atomic E-state index is 13.1. The van der Waals surface area contributed by atoms with Crippen LogP contribution in [0.2, 0.25) is 0 Å². The topological polar surface area (TPSA) is 148 Å². The summed E-state index contributed by atoms with van der Waals surface area (Å²) in [6.07, 6.45) is 1.29. The predicted octanol–water partition coefficient (Wildman–Crippen LogP) is 3.71. The molecule has 1 aliphatic carbocycles. The minimum absolute atomic E-state index is 0.0368. The molecule has 2 amide bonds. The summed E-state index contributed by atoms with van der Waals surface area (Å²) in [7, 11) is 0. The van der Waals surface area contributed by atoms with Gasteiger partial charge >= 0.3 is 0 Å². The molecule has 2 fully saturated rings. The maximum Gasteiger partial charge on any atom is 0.282 e. The van der Waals surface area contributed by atoms with Gasteiger partial charge in [-0.1, -0.05) is 17.4 Å². The van der Waals surface area contributed by atoms with Crippen molar-refractivity contribution in [1.29, 1.82) is 0 Å². The number of nitrogens with zero attached hydrogens (tertiary/aromatic N) is 7. The van der Waals surface area contributed by atoms with Gasteiger partial charge in [0.25, 0.3) is 11.8 Å². The van der Waals surface area contributed by atoms with Crippen LogP contribution in [-0.4, -0.2) is 67.3 Å². The van der Waals surface area contributed by atoms with Crippen LogP contribution in [0.5, 0.6) is 5.75 Å². The first-order valence-electron chi connectivity index (χ1n) is 14.1. The Balaban J connectivity index is 0.987. The molecular formula is C29H29F2N9O3S. The summed E-state index contributed by atoms with van der Waals surface area (Å²) in [5.74, 6) is -2.49. The van der Waals surface area contributed by atoms with Crippen molar-refractivity contribution < 1.29 is 23.1 Å². The number of aromatic nitrogens is 6. The highest BCUT2D eigenvalue weighted by molar-refractivity contribution is 7.17. The number of anilines is 2. The third kappa shape index (κ3) is 7.27. The molecule has 1 atom stereocenters. The number of ether oxygens (including phenoxy) is 1. The first-order chi connectivity index (χ1) is 21.2. The Labute approximate surface area is 255 Å². The molecule has 15 heteroatoms. The lowest BCUT2D eigenvalue weighted by molar-refractivity contribution is -0.134. The first-order valence-corrected chi connectivity index (χ1v) is 14.9. The number of hydrogen-bond donors (Lipinski definition) is 2. The summed E-state index contributed by atoms with van der Waals surface area (Å²) in [5.41, 5.74) is 2.63. The molecule has 2 aliphatic rings. The largest absolute Gasteiger partial charge is 0.490 e. The van der Waals surface area contributed by atoms with Crippen LogP contribution >= 0.6 is 11.3 Å². The number of carbonyl (C=O) groups is 2. The Morgan fingerprint density at radius 3 is 2.70 bits per heavy atom. The normalized spacial score (nSPS) is 17.6. The van der Waals surface area contributed by atoms with Gasteiger partial charge in [0.2, 0.25) is 16.0 Å². The Bertz CT molecular complexity index is 1630. The number of rotatable bonds is 10. The van der Waals surface area contributed by atoms with Crippen LogP contribution in [0, 0.1) is 6.92 Å². The Morgan fingerprint density at radius 1 is 1.09 bits per heavy atom. The number of nitrogens with one attached hydrogen (secondary N) is 2. The molecule has 12 nitrogen and oxygen atoms in total. The molecule has 1 unspecified atom stereocenters. The van der Waals surface area contributed by atoms with Gasteiger partial charge in [0.1, 0.15) is 11.9 Å². The van der Waals surface area contributed by atoms with Crippen LogP contribution in [0.1, 0.15) is 57.8 Å². The maximum absolute atomic E-state index is 13.1. The number of alkyl halides is 2. The van der Waals surface area contributed by atoms with E-state index in [1.807, 2.05) is 24.3 Å². The van der Waals surface area contributed by atoms with E-state index in [1.54, 1.807) is 31.3 Å². The van der Waals surface area contributed by atoms with Crippen molar-refractivity contribution in [1.82, 2.24) is 35.7 Å². The summed E-state index contributed by atoms with van der Waals surface area (Å²) in [6, 6.07) is 12.3. The van der Waals surface area contributed by atoms with Gasteiger partial charge in [-0.15, -0.1) is 15.3 Å². The van der Waals surface area contributed by atoms with E-state index in [1.165, 1.54) is 11.3 Å². The molecule has 0 aromatic carbocycles. The predicted molar refractivity (Wildman–Crippen MR) is 157 cm³/mol. The molecule has 0 radical (unpaired) electrons. The number of carbonyl (C=O) groups excluding carboxylic acids is 2. The number of halogens is 2. The van der Waals surface area contributed by atoms with Gasteiger partial charge in [-0.2, -0.15) is 5.10 Å². The number of amides is 2. The van der Waals surface area contributed by atoms with Crippen molar-refractivity contribution in [2.45, 2.75) is 57.1 Å². The fraction of sp³-hybridized carbons (Fsp3) is 0.379. The van der Waals surface area contributed by atoms with E-state index < -0.39 is 12.0 Å². The molecule has 0 spiro atoms. The highest BCUT2D eigenvalue weighted by Crippen LogP contribution is 2.40. The summed E-state index contributed by atoms with van der Waals surface area (Å²) in [4.78, 5) is 35.8. The van der Waals surface area contributed by atoms with Crippen LogP contribution < -0.4 is 20.3 Å². The number of hydrogen-bond acceptors (Lipinski definition) is 11. The van der Waals surface area contributed by atoms with Gasteiger partial charge < -0.3 is 20.3 Å². The average Bonchev–Trinajstić information content (AvgIpc) is 3.66. The molecule has 0 bridgehead atoms. The van der Waals surface area contributed by atoms with Crippen molar-refractivity contribution in [3.05, 3.63) is 76.4 Å². The lowest BCUT2D eigenvalue weighted by atomic mass is 9.91. The van der Waals surface area contributed by atoms with E-state index in [-0.39, 0.29) is 42.0 Å². The number of pyridine rings is 2. The zero-order valence-corrected chi connectivity index (χ0v) is 24.6. The lowest BCUT2D eigenvalue weighted by Gasteiger charge is -2.34. The SMILES string of the molecule is Cc1cc(OC2CC(F)(F)C2)cc(CC(=O)Nc2ccc(C3CCN(c4nnc(C(=O)NCc5ccccn5)s4)C3)nn2)n1. The van der Waals surface area contributed by atoms with Gasteiger partial charge in [-0.05, 0) is 37.6 Å². The summed E-state index contributed by atoms with van der Waals surface area (Å²) >= 11 is 1.23. The molecule has 1 saturated carbocycles. The van der Waals surface area contributed by atoms with Crippen LogP contribution in [0.4, 0.5) is 19.7 Å². The molecular weight excluding hydrogens is 592 g/mol. The highest BCUT2D eigenvalue weighted by Gasteiger charge is 2.47. The third-order valence-electron chi connectivity index (χ3n) is 7.27. The van der Waals surface area contributed by atoms with Gasteiger partial charge in [-0.3, -0.25) is 19.6 Å². The van der Waals surface area contributed by atoms with Crippen LogP contribution in [-0.2, 0) is 17.8 Å².